The molecule has 1 aromatic heterocycles. The van der Waals surface area contributed by atoms with Crippen LogP contribution in [0.2, 0.25) is 0 Å². The van der Waals surface area contributed by atoms with Gasteiger partial charge in [0.2, 0.25) is 0 Å². The number of nitrogens with zero attached hydrogens (tertiary/aromatic N) is 1. The highest BCUT2D eigenvalue weighted by Crippen LogP contribution is 2.30. The second-order valence-corrected chi connectivity index (χ2v) is 4.03. The van der Waals surface area contributed by atoms with Crippen LogP contribution in [0, 0.1) is 3.57 Å². The van der Waals surface area contributed by atoms with Gasteiger partial charge in [-0.3, -0.25) is 0 Å². The molecule has 0 aromatic carbocycles. The molecule has 0 atom stereocenters. The number of hydrogen-bond donors (Lipinski definition) is 0. The molecular weight excluding hydrogens is 373 g/mol. The monoisotopic (exact) mass is 379 g/mol. The second kappa shape index (κ2) is 5.67. The number of rotatable bonds is 3. The van der Waals surface area contributed by atoms with E-state index < -0.39 is 30.4 Å². The Morgan fingerprint density at radius 3 is 2.56 bits per heavy atom. The van der Waals surface area contributed by atoms with Gasteiger partial charge in [0.05, 0.1) is 16.4 Å². The summed E-state index contributed by atoms with van der Waals surface area (Å²) in [4.78, 5) is 14.8. The largest absolute Gasteiger partial charge is 0.573 e. The fraction of sp³-hybridized carbons (Fsp3) is 0.333. The van der Waals surface area contributed by atoms with Crippen molar-refractivity contribution in [3.8, 4) is 5.75 Å². The van der Waals surface area contributed by atoms with Gasteiger partial charge in [-0.15, -0.1) is 13.2 Å². The van der Waals surface area contributed by atoms with Gasteiger partial charge >= 0.3 is 12.3 Å². The molecule has 1 rings (SSSR count). The van der Waals surface area contributed by atoms with Crippen LogP contribution >= 0.6 is 22.6 Å². The average molecular weight is 379 g/mol. The first-order chi connectivity index (χ1) is 8.28. The number of methoxy groups -OCH3 is 1. The Morgan fingerprint density at radius 2 is 2.11 bits per heavy atom. The predicted octanol–water partition coefficient (Wildman–Crippen LogP) is 2.84. The van der Waals surface area contributed by atoms with E-state index in [0.717, 1.165) is 13.2 Å². The van der Waals surface area contributed by atoms with E-state index >= 15 is 0 Å². The number of halogens is 5. The van der Waals surface area contributed by atoms with Crippen LogP contribution < -0.4 is 4.74 Å². The van der Waals surface area contributed by atoms with E-state index in [1.165, 1.54) is 22.6 Å². The van der Waals surface area contributed by atoms with Crippen LogP contribution in [0.25, 0.3) is 0 Å². The maximum Gasteiger partial charge on any atom is 0.573 e. The molecule has 0 saturated heterocycles. The highest BCUT2D eigenvalue weighted by Gasteiger charge is 2.33. The summed E-state index contributed by atoms with van der Waals surface area (Å²) in [6, 6.07) is 0.779. The van der Waals surface area contributed by atoms with Gasteiger partial charge in [-0.1, -0.05) is 0 Å². The molecule has 0 radical (unpaired) electrons. The Morgan fingerprint density at radius 1 is 1.50 bits per heavy atom. The molecule has 0 saturated carbocycles. The highest BCUT2D eigenvalue weighted by molar-refractivity contribution is 14.1. The molecule has 0 spiro atoms. The lowest BCUT2D eigenvalue weighted by Crippen LogP contribution is -2.19. The summed E-state index contributed by atoms with van der Waals surface area (Å²) in [7, 11) is 1.03. The van der Waals surface area contributed by atoms with Crippen molar-refractivity contribution >= 4 is 28.6 Å². The van der Waals surface area contributed by atoms with E-state index in [2.05, 4.69) is 14.5 Å². The number of hydrogen-bond acceptors (Lipinski definition) is 4. The van der Waals surface area contributed by atoms with Gasteiger partial charge in [0.25, 0.3) is 0 Å². The summed E-state index contributed by atoms with van der Waals surface area (Å²) in [6.45, 7) is -1.13. The van der Waals surface area contributed by atoms with Gasteiger partial charge in [0.15, 0.2) is 5.69 Å². The lowest BCUT2D eigenvalue weighted by molar-refractivity contribution is -0.275. The third kappa shape index (κ3) is 3.68. The number of ether oxygens (including phenoxy) is 2. The summed E-state index contributed by atoms with van der Waals surface area (Å²) >= 11 is 1.44. The molecule has 0 bridgehead atoms. The molecule has 100 valence electrons. The Kier molecular flexibility index (Phi) is 4.71. The zero-order valence-electron chi connectivity index (χ0n) is 8.85. The molecule has 9 heteroatoms. The van der Waals surface area contributed by atoms with Crippen LogP contribution in [-0.2, 0) is 11.4 Å². The van der Waals surface area contributed by atoms with Gasteiger partial charge in [0, 0.05) is 6.07 Å². The minimum Gasteiger partial charge on any atom is -0.464 e. The van der Waals surface area contributed by atoms with Crippen molar-refractivity contribution in [2.24, 2.45) is 0 Å². The molecule has 0 amide bonds. The number of carbonyl (C=O) groups excluding carboxylic acids is 1. The summed E-state index contributed by atoms with van der Waals surface area (Å²) in [5.41, 5.74) is -0.775. The van der Waals surface area contributed by atoms with E-state index in [1.54, 1.807) is 0 Å². The maximum absolute atomic E-state index is 12.5. The van der Waals surface area contributed by atoms with E-state index in [9.17, 15) is 22.4 Å². The number of alkyl halides is 4. The summed E-state index contributed by atoms with van der Waals surface area (Å²) in [5, 5.41) is 0. The number of pyridine rings is 1. The Bertz CT molecular complexity index is 464. The molecule has 4 nitrogen and oxygen atoms in total. The lowest BCUT2D eigenvalue weighted by atomic mass is 10.3. The first-order valence-electron chi connectivity index (χ1n) is 4.38. The zero-order valence-corrected chi connectivity index (χ0v) is 11.0. The summed E-state index contributed by atoms with van der Waals surface area (Å²) in [6.07, 6.45) is -4.94. The first-order valence-corrected chi connectivity index (χ1v) is 5.45. The standard InChI is InChI=1S/C9H6F4INO3/c1-17-8(16)7-6(14)5(18-9(11,12)13)2-4(3-10)15-7/h2H,3H2,1H3. The van der Waals surface area contributed by atoms with Crippen LogP contribution in [0.4, 0.5) is 17.6 Å². The molecule has 0 aliphatic heterocycles. The van der Waals surface area contributed by atoms with Crippen LogP contribution in [0.3, 0.4) is 0 Å². The molecule has 0 fully saturated rings. The van der Waals surface area contributed by atoms with Crippen LogP contribution in [0.1, 0.15) is 16.2 Å². The van der Waals surface area contributed by atoms with E-state index in [-0.39, 0.29) is 9.26 Å². The quantitative estimate of drug-likeness (QED) is 0.461. The van der Waals surface area contributed by atoms with E-state index in [1.807, 2.05) is 0 Å². The second-order valence-electron chi connectivity index (χ2n) is 2.95. The van der Waals surface area contributed by atoms with Crippen molar-refractivity contribution in [3.63, 3.8) is 0 Å². The Balaban J connectivity index is 3.29. The van der Waals surface area contributed by atoms with Gasteiger partial charge in [0.1, 0.15) is 12.4 Å². The van der Waals surface area contributed by atoms with Crippen molar-refractivity contribution in [2.75, 3.05) is 7.11 Å². The molecule has 0 aliphatic rings. The van der Waals surface area contributed by atoms with Crippen molar-refractivity contribution in [3.05, 3.63) is 21.0 Å². The Hall–Kier alpha value is -1.13. The fourth-order valence-electron chi connectivity index (χ4n) is 1.06. The third-order valence-corrected chi connectivity index (χ3v) is 2.76. The van der Waals surface area contributed by atoms with Gasteiger partial charge in [-0.25, -0.2) is 14.2 Å². The SMILES string of the molecule is COC(=O)c1nc(CF)cc(OC(F)(F)F)c1I. The van der Waals surface area contributed by atoms with Gasteiger partial charge in [-0.2, -0.15) is 0 Å². The Labute approximate surface area is 112 Å². The van der Waals surface area contributed by atoms with Crippen molar-refractivity contribution in [1.82, 2.24) is 4.98 Å². The number of carbonyl (C=O) groups is 1. The maximum atomic E-state index is 12.5. The minimum atomic E-state index is -4.94. The molecule has 1 aromatic rings. The third-order valence-electron chi connectivity index (χ3n) is 1.72. The first kappa shape index (κ1) is 14.9. The molecular formula is C9H6F4INO3. The molecule has 18 heavy (non-hydrogen) atoms. The summed E-state index contributed by atoms with van der Waals surface area (Å²) < 4.78 is 56.6. The van der Waals surface area contributed by atoms with Crippen molar-refractivity contribution < 1.29 is 31.8 Å². The van der Waals surface area contributed by atoms with Crippen LogP contribution in [-0.4, -0.2) is 24.4 Å². The topological polar surface area (TPSA) is 48.4 Å². The zero-order chi connectivity index (χ0) is 13.9. The van der Waals surface area contributed by atoms with Crippen molar-refractivity contribution in [1.29, 1.82) is 0 Å². The van der Waals surface area contributed by atoms with Crippen LogP contribution in [0.15, 0.2) is 6.07 Å². The number of esters is 1. The van der Waals surface area contributed by atoms with E-state index in [4.69, 9.17) is 0 Å². The normalized spacial score (nSPS) is 11.2. The predicted molar refractivity (Wildman–Crippen MR) is 59.8 cm³/mol. The van der Waals surface area contributed by atoms with Crippen LogP contribution in [0.5, 0.6) is 5.75 Å². The van der Waals surface area contributed by atoms with E-state index in [0.29, 0.717) is 0 Å². The highest BCUT2D eigenvalue weighted by atomic mass is 127. The van der Waals surface area contributed by atoms with Gasteiger partial charge < -0.3 is 9.47 Å². The molecule has 0 aliphatic carbocycles. The molecule has 0 unspecified atom stereocenters. The fourth-order valence-corrected chi connectivity index (χ4v) is 1.66. The van der Waals surface area contributed by atoms with Crippen molar-refractivity contribution in [2.45, 2.75) is 13.0 Å². The molecule has 1 heterocycles. The smallest absolute Gasteiger partial charge is 0.464 e. The molecule has 0 N–H and O–H groups in total. The average Bonchev–Trinajstić information content (AvgIpc) is 2.29. The number of aromatic nitrogens is 1. The van der Waals surface area contributed by atoms with Gasteiger partial charge in [-0.05, 0) is 22.6 Å². The lowest BCUT2D eigenvalue weighted by Gasteiger charge is -2.13. The minimum absolute atomic E-state index is 0.200. The summed E-state index contributed by atoms with van der Waals surface area (Å²) in [5.74, 6) is -1.66.